The van der Waals surface area contributed by atoms with Crippen molar-refractivity contribution in [1.29, 1.82) is 0 Å². The normalized spacial score (nSPS) is 18.8. The number of carboxylic acid groups (broad SMARTS) is 1. The van der Waals surface area contributed by atoms with Crippen molar-refractivity contribution < 1.29 is 54.0 Å². The van der Waals surface area contributed by atoms with Crippen LogP contribution in [0.3, 0.4) is 0 Å². The van der Waals surface area contributed by atoms with E-state index in [-0.39, 0.29) is 58.0 Å². The van der Waals surface area contributed by atoms with E-state index >= 15 is 0 Å². The average molecular weight is 351 g/mol. The predicted octanol–water partition coefficient (Wildman–Crippen LogP) is -1.62. The van der Waals surface area contributed by atoms with Crippen molar-refractivity contribution in [1.82, 2.24) is 4.90 Å². The van der Waals surface area contributed by atoms with Crippen LogP contribution in [-0.4, -0.2) is 22.2 Å². The molecule has 0 N–H and O–H groups in total. The van der Waals surface area contributed by atoms with E-state index in [0.717, 1.165) is 22.5 Å². The maximum absolute atomic E-state index is 11.5. The Balaban J connectivity index is 0.00000169. The van der Waals surface area contributed by atoms with Gasteiger partial charge in [-0.2, -0.15) is 0 Å². The Hall–Kier alpha value is -1.67. The van der Waals surface area contributed by atoms with Crippen LogP contribution in [0.1, 0.15) is 6.42 Å². The van der Waals surface area contributed by atoms with Gasteiger partial charge in [-0.3, -0.25) is 19.5 Å². The zero-order valence-corrected chi connectivity index (χ0v) is 15.5. The first-order chi connectivity index (χ1) is 11.1. The molecule has 24 heavy (non-hydrogen) atoms. The number of carbonyl (C=O) groups is 2. The molecule has 2 aliphatic heterocycles. The minimum Gasteiger partial charge on any atom is -0.543 e. The van der Waals surface area contributed by atoms with Gasteiger partial charge in [0.25, 0.3) is 0 Å². The molecule has 1 fully saturated rings. The molecule has 0 spiro atoms. The Morgan fingerprint density at radius 2 is 1.92 bits per heavy atom. The minimum absolute atomic E-state index is 0. The fourth-order valence-electron chi connectivity index (χ4n) is 2.62. The number of amides is 1. The number of rotatable bonds is 4. The summed E-state index contributed by atoms with van der Waals surface area (Å²) in [6.07, 6.45) is 0.280. The largest absolute Gasteiger partial charge is 1.00 e. The zero-order valence-electron chi connectivity index (χ0n) is 12.7. The molecule has 0 radical (unpaired) electrons. The monoisotopic (exact) mass is 351 g/mol. The summed E-state index contributed by atoms with van der Waals surface area (Å²) in [6.45, 7) is 0. The van der Waals surface area contributed by atoms with Crippen molar-refractivity contribution in [2.75, 3.05) is 0 Å². The molecule has 6 nitrogen and oxygen atoms in total. The van der Waals surface area contributed by atoms with Gasteiger partial charge in [0.1, 0.15) is 5.70 Å². The summed E-state index contributed by atoms with van der Waals surface area (Å²) in [5.41, 5.74) is -0.267. The SMILES string of the molecule is O=C([O-])C1=C(OOc2cccc3ccccc23)SC2CC(=O)N12.[Na+]. The third-order valence-corrected chi connectivity index (χ3v) is 4.86. The molecule has 0 aromatic heterocycles. The average Bonchev–Trinajstić information content (AvgIpc) is 2.85. The number of thioether (sulfide) groups is 1. The van der Waals surface area contributed by atoms with Crippen LogP contribution in [0.15, 0.2) is 53.3 Å². The Labute approximate surface area is 163 Å². The van der Waals surface area contributed by atoms with Crippen LogP contribution < -0.4 is 39.6 Å². The second kappa shape index (κ2) is 6.68. The molecule has 0 bridgehead atoms. The number of benzene rings is 2. The van der Waals surface area contributed by atoms with Crippen molar-refractivity contribution in [3.8, 4) is 5.75 Å². The Morgan fingerprint density at radius 3 is 2.67 bits per heavy atom. The fraction of sp³-hybridized carbons (Fsp3) is 0.125. The summed E-state index contributed by atoms with van der Waals surface area (Å²) in [6, 6.07) is 13.1. The molecular weight excluding hydrogens is 341 g/mol. The Morgan fingerprint density at radius 1 is 1.17 bits per heavy atom. The first-order valence-corrected chi connectivity index (χ1v) is 7.80. The van der Waals surface area contributed by atoms with Crippen LogP contribution in [0.4, 0.5) is 0 Å². The van der Waals surface area contributed by atoms with E-state index in [1.54, 1.807) is 6.07 Å². The standard InChI is InChI=1S/C16H11NO5S.Na/c18-12-8-13-17(12)14(15(19)20)16(23-13)22-21-11-7-3-5-9-4-1-2-6-10(9)11;/h1-7,13H,8H2,(H,19,20);/q;+1/p-1. The van der Waals surface area contributed by atoms with Gasteiger partial charge in [-0.1, -0.05) is 48.2 Å². The summed E-state index contributed by atoms with van der Waals surface area (Å²) in [4.78, 5) is 34.5. The summed E-state index contributed by atoms with van der Waals surface area (Å²) >= 11 is 1.14. The second-order valence-corrected chi connectivity index (χ2v) is 6.26. The number of β-lactam (4-membered cyclic amide) rings is 1. The summed E-state index contributed by atoms with van der Waals surface area (Å²) in [5.74, 6) is -1.25. The topological polar surface area (TPSA) is 78.9 Å². The van der Waals surface area contributed by atoms with E-state index in [4.69, 9.17) is 9.78 Å². The van der Waals surface area contributed by atoms with E-state index in [0.29, 0.717) is 5.75 Å². The number of hydrogen-bond donors (Lipinski definition) is 0. The van der Waals surface area contributed by atoms with Gasteiger partial charge in [0.05, 0.1) is 17.8 Å². The van der Waals surface area contributed by atoms with Gasteiger partial charge < -0.3 is 9.90 Å². The first-order valence-electron chi connectivity index (χ1n) is 6.92. The minimum atomic E-state index is -1.45. The molecule has 116 valence electrons. The Bertz CT molecular complexity index is 863. The maximum Gasteiger partial charge on any atom is 1.00 e. The molecule has 4 rings (SSSR count). The van der Waals surface area contributed by atoms with Gasteiger partial charge in [-0.05, 0) is 11.5 Å². The van der Waals surface area contributed by atoms with Crippen LogP contribution in [0.2, 0.25) is 0 Å². The molecule has 0 aliphatic carbocycles. The Kier molecular flexibility index (Phi) is 4.78. The molecule has 0 saturated carbocycles. The molecule has 1 unspecified atom stereocenters. The van der Waals surface area contributed by atoms with Crippen LogP contribution in [0.25, 0.3) is 10.8 Å². The third kappa shape index (κ3) is 2.77. The van der Waals surface area contributed by atoms with Gasteiger partial charge in [0.15, 0.2) is 5.75 Å². The number of fused-ring (bicyclic) bond motifs is 2. The third-order valence-electron chi connectivity index (χ3n) is 3.73. The summed E-state index contributed by atoms with van der Waals surface area (Å²) in [5, 5.41) is 12.9. The first kappa shape index (κ1) is 17.2. The number of hydrogen-bond acceptors (Lipinski definition) is 6. The predicted molar refractivity (Wildman–Crippen MR) is 80.5 cm³/mol. The number of carbonyl (C=O) groups excluding carboxylic acids is 2. The maximum atomic E-state index is 11.5. The van der Waals surface area contributed by atoms with Gasteiger partial charge >= 0.3 is 29.6 Å². The van der Waals surface area contributed by atoms with Crippen molar-refractivity contribution in [3.05, 3.63) is 53.3 Å². The van der Waals surface area contributed by atoms with Crippen molar-refractivity contribution >= 4 is 34.4 Å². The van der Waals surface area contributed by atoms with Gasteiger partial charge in [-0.15, -0.1) is 0 Å². The summed E-state index contributed by atoms with van der Waals surface area (Å²) in [7, 11) is 0. The number of carboxylic acids is 1. The molecule has 8 heteroatoms. The van der Waals surface area contributed by atoms with Crippen LogP contribution in [0, 0.1) is 0 Å². The van der Waals surface area contributed by atoms with Crippen molar-refractivity contribution in [2.24, 2.45) is 0 Å². The fourth-order valence-corrected chi connectivity index (χ4v) is 3.79. The molecule has 2 aromatic carbocycles. The molecule has 2 heterocycles. The molecule has 1 saturated heterocycles. The number of aliphatic carboxylic acids is 1. The van der Waals surface area contributed by atoms with Gasteiger partial charge in [0, 0.05) is 5.39 Å². The second-order valence-electron chi connectivity index (χ2n) is 5.11. The van der Waals surface area contributed by atoms with Crippen LogP contribution in [-0.2, 0) is 14.5 Å². The molecule has 1 amide bonds. The van der Waals surface area contributed by atoms with E-state index in [1.165, 1.54) is 4.90 Å². The molecule has 1 atom stereocenters. The molecule has 2 aromatic rings. The zero-order chi connectivity index (χ0) is 16.0. The van der Waals surface area contributed by atoms with E-state index in [9.17, 15) is 14.7 Å². The van der Waals surface area contributed by atoms with Crippen molar-refractivity contribution in [2.45, 2.75) is 11.8 Å². The van der Waals surface area contributed by atoms with E-state index < -0.39 is 5.97 Å². The van der Waals surface area contributed by atoms with E-state index in [1.807, 2.05) is 36.4 Å². The summed E-state index contributed by atoms with van der Waals surface area (Å²) < 4.78 is 0. The molecular formula is C16H10NNaO5S. The van der Waals surface area contributed by atoms with Gasteiger partial charge in [0.2, 0.25) is 11.0 Å². The van der Waals surface area contributed by atoms with Crippen LogP contribution >= 0.6 is 11.8 Å². The van der Waals surface area contributed by atoms with Crippen molar-refractivity contribution in [3.63, 3.8) is 0 Å². The smallest absolute Gasteiger partial charge is 0.543 e. The van der Waals surface area contributed by atoms with Gasteiger partial charge in [-0.25, -0.2) is 0 Å². The number of nitrogens with zero attached hydrogens (tertiary/aromatic N) is 1. The van der Waals surface area contributed by atoms with E-state index in [2.05, 4.69) is 0 Å². The molecule has 2 aliphatic rings. The van der Waals surface area contributed by atoms with Crippen LogP contribution in [0.5, 0.6) is 5.75 Å². The quantitative estimate of drug-likeness (QED) is 0.285.